The molecule has 1 aromatic carbocycles. The first-order valence-electron chi connectivity index (χ1n) is 8.90. The highest BCUT2D eigenvalue weighted by Gasteiger charge is 2.65. The molecular weight excluding hydrogens is 452 g/mol. The van der Waals surface area contributed by atoms with Gasteiger partial charge in [-0.15, -0.1) is 11.8 Å². The van der Waals surface area contributed by atoms with Crippen LogP contribution >= 0.6 is 23.4 Å². The van der Waals surface area contributed by atoms with Gasteiger partial charge in [0.05, 0.1) is 0 Å². The van der Waals surface area contributed by atoms with Gasteiger partial charge in [-0.05, 0) is 5.56 Å². The molecule has 2 heterocycles. The van der Waals surface area contributed by atoms with Gasteiger partial charge in [0.1, 0.15) is 17.7 Å². The molecule has 2 amide bonds. The van der Waals surface area contributed by atoms with Crippen molar-refractivity contribution in [1.82, 2.24) is 10.2 Å². The van der Waals surface area contributed by atoms with Crippen molar-refractivity contribution in [2.24, 2.45) is 0 Å². The van der Waals surface area contributed by atoms with Gasteiger partial charge in [-0.1, -0.05) is 41.9 Å². The minimum absolute atomic E-state index is 0.0781. The Balaban J connectivity index is 1.84. The Morgan fingerprint density at radius 2 is 1.94 bits per heavy atom. The maximum Gasteiger partial charge on any atom is 0.352 e. The van der Waals surface area contributed by atoms with Gasteiger partial charge in [0.15, 0.2) is 5.92 Å². The molecule has 1 aromatic rings. The Labute approximate surface area is 185 Å². The summed E-state index contributed by atoms with van der Waals surface area (Å²) in [5, 5.41) is 20.4. The number of aliphatic carboxylic acids is 2. The number of hydrogen-bond donors (Lipinski definition) is 3. The molecule has 31 heavy (non-hydrogen) atoms. The standard InChI is InChI=1S/C19H17ClN2O8S/c1-9(23)30-7-11-8-31-18-19(20,17(29)22(18)13(11)16(27)28)21-14(24)12(15(25)26)10-5-3-2-4-6-10/h2-6,12,18H,7-8H2,1H3,(H,21,24)(H,25,26)(H,27,28)/t12?,18-,19?/m1/s1. The first-order valence-corrected chi connectivity index (χ1v) is 10.3. The molecule has 0 aliphatic carbocycles. The molecule has 1 fully saturated rings. The summed E-state index contributed by atoms with van der Waals surface area (Å²) in [5.41, 5.74) is 0.0240. The van der Waals surface area contributed by atoms with E-state index in [-0.39, 0.29) is 29.2 Å². The molecule has 0 bridgehead atoms. The third kappa shape index (κ3) is 4.10. The van der Waals surface area contributed by atoms with Gasteiger partial charge in [0.2, 0.25) is 10.9 Å². The molecule has 2 unspecified atom stereocenters. The fourth-order valence-electron chi connectivity index (χ4n) is 3.30. The molecule has 1 saturated heterocycles. The summed E-state index contributed by atoms with van der Waals surface area (Å²) in [6, 6.07) is 7.70. The quantitative estimate of drug-likeness (QED) is 0.173. The molecule has 3 N–H and O–H groups in total. The molecular formula is C19H17ClN2O8S. The van der Waals surface area contributed by atoms with Crippen molar-refractivity contribution in [3.63, 3.8) is 0 Å². The number of carbonyl (C=O) groups is 5. The van der Waals surface area contributed by atoms with E-state index >= 15 is 0 Å². The number of carbonyl (C=O) groups excluding carboxylic acids is 3. The predicted molar refractivity (Wildman–Crippen MR) is 108 cm³/mol. The van der Waals surface area contributed by atoms with Crippen LogP contribution in [0.15, 0.2) is 41.6 Å². The largest absolute Gasteiger partial charge is 0.480 e. The molecule has 3 atom stereocenters. The van der Waals surface area contributed by atoms with Crippen LogP contribution in [0.3, 0.4) is 0 Å². The third-order valence-corrected chi connectivity index (χ3v) is 6.68. The lowest BCUT2D eigenvalue weighted by Gasteiger charge is -2.54. The normalized spacial score (nSPS) is 23.4. The van der Waals surface area contributed by atoms with Gasteiger partial charge in [0.25, 0.3) is 5.91 Å². The van der Waals surface area contributed by atoms with Crippen molar-refractivity contribution in [1.29, 1.82) is 0 Å². The molecule has 10 nitrogen and oxygen atoms in total. The lowest BCUT2D eigenvalue weighted by atomic mass is 9.96. The van der Waals surface area contributed by atoms with E-state index in [1.54, 1.807) is 18.2 Å². The summed E-state index contributed by atoms with van der Waals surface area (Å²) in [4.78, 5) is 58.9. The fraction of sp³-hybridized carbons (Fsp3) is 0.316. The molecule has 2 aliphatic rings. The number of alkyl halides is 1. The topological polar surface area (TPSA) is 150 Å². The Bertz CT molecular complexity index is 998. The van der Waals surface area contributed by atoms with E-state index in [0.717, 1.165) is 16.7 Å². The van der Waals surface area contributed by atoms with Crippen LogP contribution in [-0.2, 0) is 28.7 Å². The second kappa shape index (κ2) is 8.60. The summed E-state index contributed by atoms with van der Waals surface area (Å²) in [6.07, 6.45) is 0. The van der Waals surface area contributed by atoms with E-state index in [0.29, 0.717) is 0 Å². The van der Waals surface area contributed by atoms with Crippen LogP contribution in [0.4, 0.5) is 0 Å². The number of rotatable bonds is 7. The average molecular weight is 469 g/mol. The van der Waals surface area contributed by atoms with Crippen LogP contribution in [0.1, 0.15) is 18.4 Å². The molecule has 12 heteroatoms. The Morgan fingerprint density at radius 1 is 1.29 bits per heavy atom. The number of halogens is 1. The van der Waals surface area contributed by atoms with Crippen molar-refractivity contribution in [3.05, 3.63) is 47.2 Å². The summed E-state index contributed by atoms with van der Waals surface area (Å²) >= 11 is 7.43. The molecule has 3 rings (SSSR count). The highest BCUT2D eigenvalue weighted by Crippen LogP contribution is 2.48. The monoisotopic (exact) mass is 468 g/mol. The number of hydrogen-bond acceptors (Lipinski definition) is 7. The second-order valence-electron chi connectivity index (χ2n) is 6.76. The zero-order chi connectivity index (χ0) is 22.9. The minimum atomic E-state index is -2.02. The lowest BCUT2D eigenvalue weighted by Crippen LogP contribution is -2.77. The zero-order valence-electron chi connectivity index (χ0n) is 16.0. The van der Waals surface area contributed by atoms with Crippen molar-refractivity contribution in [2.45, 2.75) is 23.2 Å². The maximum atomic E-state index is 12.8. The van der Waals surface area contributed by atoms with Crippen LogP contribution in [0.25, 0.3) is 0 Å². The number of fused-ring (bicyclic) bond motifs is 1. The van der Waals surface area contributed by atoms with Gasteiger partial charge in [-0.3, -0.25) is 24.1 Å². The number of ether oxygens (including phenoxy) is 1. The fourth-order valence-corrected chi connectivity index (χ4v) is 5.09. The molecule has 0 aromatic heterocycles. The first kappa shape index (κ1) is 22.6. The van der Waals surface area contributed by atoms with Gasteiger partial charge >= 0.3 is 17.9 Å². The number of esters is 1. The molecule has 2 aliphatic heterocycles. The number of carboxylic acids is 2. The van der Waals surface area contributed by atoms with E-state index in [2.05, 4.69) is 5.32 Å². The lowest BCUT2D eigenvalue weighted by molar-refractivity contribution is -0.155. The first-order chi connectivity index (χ1) is 14.6. The SMILES string of the molecule is CC(=O)OCC1=C(C(=O)O)N2C(=O)C(Cl)(NC(=O)C(C(=O)O)c3ccccc3)[C@H]2SC1. The van der Waals surface area contributed by atoms with E-state index in [1.165, 1.54) is 19.1 Å². The average Bonchev–Trinajstić information content (AvgIpc) is 2.71. The number of thioether (sulfide) groups is 1. The van der Waals surface area contributed by atoms with E-state index in [1.807, 2.05) is 0 Å². The summed E-state index contributed by atoms with van der Waals surface area (Å²) in [6.45, 7) is 0.858. The third-order valence-electron chi connectivity index (χ3n) is 4.70. The van der Waals surface area contributed by atoms with Crippen molar-refractivity contribution in [2.75, 3.05) is 12.4 Å². The number of nitrogens with zero attached hydrogens (tertiary/aromatic N) is 1. The van der Waals surface area contributed by atoms with E-state index < -0.39 is 46.0 Å². The number of β-lactam (4-membered cyclic amide) rings is 1. The van der Waals surface area contributed by atoms with Crippen LogP contribution in [0.5, 0.6) is 0 Å². The van der Waals surface area contributed by atoms with Crippen LogP contribution in [0, 0.1) is 0 Å². The van der Waals surface area contributed by atoms with Gasteiger partial charge in [-0.2, -0.15) is 0 Å². The summed E-state index contributed by atoms with van der Waals surface area (Å²) < 4.78 is 4.85. The smallest absolute Gasteiger partial charge is 0.352 e. The second-order valence-corrected chi connectivity index (χ2v) is 8.42. The molecule has 0 saturated carbocycles. The maximum absolute atomic E-state index is 12.8. The summed E-state index contributed by atoms with van der Waals surface area (Å²) in [7, 11) is 0. The minimum Gasteiger partial charge on any atom is -0.480 e. The molecule has 0 radical (unpaired) electrons. The van der Waals surface area contributed by atoms with E-state index in [9.17, 15) is 34.2 Å². The number of nitrogens with one attached hydrogen (secondary N) is 1. The van der Waals surface area contributed by atoms with Gasteiger partial charge in [0, 0.05) is 18.2 Å². The highest BCUT2D eigenvalue weighted by atomic mass is 35.5. The Kier molecular flexibility index (Phi) is 6.27. The Morgan fingerprint density at radius 3 is 2.48 bits per heavy atom. The Hall–Kier alpha value is -3.05. The van der Waals surface area contributed by atoms with Crippen molar-refractivity contribution in [3.8, 4) is 0 Å². The summed E-state index contributed by atoms with van der Waals surface area (Å²) in [5.74, 6) is -6.92. The highest BCUT2D eigenvalue weighted by molar-refractivity contribution is 8.00. The van der Waals surface area contributed by atoms with Crippen LogP contribution in [0.2, 0.25) is 0 Å². The van der Waals surface area contributed by atoms with Crippen LogP contribution < -0.4 is 5.32 Å². The predicted octanol–water partition coefficient (Wildman–Crippen LogP) is 0.723. The van der Waals surface area contributed by atoms with Gasteiger partial charge < -0.3 is 20.3 Å². The van der Waals surface area contributed by atoms with Crippen molar-refractivity contribution < 1.29 is 38.9 Å². The zero-order valence-corrected chi connectivity index (χ0v) is 17.6. The number of amides is 2. The molecule has 164 valence electrons. The van der Waals surface area contributed by atoms with Crippen molar-refractivity contribution >= 4 is 53.1 Å². The van der Waals surface area contributed by atoms with Crippen LogP contribution in [-0.4, -0.2) is 67.6 Å². The number of carboxylic acid groups (broad SMARTS) is 2. The molecule has 0 spiro atoms. The van der Waals surface area contributed by atoms with E-state index in [4.69, 9.17) is 16.3 Å². The number of benzene rings is 1. The van der Waals surface area contributed by atoms with Gasteiger partial charge in [-0.25, -0.2) is 4.79 Å².